The average molecular weight is 198 g/mol. The predicted molar refractivity (Wildman–Crippen MR) is 53.8 cm³/mol. The predicted octanol–water partition coefficient (Wildman–Crippen LogP) is 0.111. The Balaban J connectivity index is 2.23. The summed E-state index contributed by atoms with van der Waals surface area (Å²) >= 11 is 0. The Kier molecular flexibility index (Phi) is 4.55. The molecule has 1 rings (SSSR count). The first-order chi connectivity index (χ1) is 6.72. The molecule has 2 N–H and O–H groups in total. The monoisotopic (exact) mass is 198 g/mol. The summed E-state index contributed by atoms with van der Waals surface area (Å²) in [6.45, 7) is 3.45. The number of hydrogen-bond donors (Lipinski definition) is 1. The molecular formula is C9H18N4O. The molecule has 1 unspecified atom stereocenters. The smallest absolute Gasteiger partial charge is 0.0842 e. The minimum atomic E-state index is 0.109. The molecule has 5 heteroatoms. The molecular weight excluding hydrogens is 180 g/mol. The van der Waals surface area contributed by atoms with Crippen LogP contribution in [0.2, 0.25) is 0 Å². The maximum absolute atomic E-state index is 5.90. The van der Waals surface area contributed by atoms with E-state index in [1.807, 2.05) is 20.2 Å². The first kappa shape index (κ1) is 11.1. The fourth-order valence-electron chi connectivity index (χ4n) is 1.24. The van der Waals surface area contributed by atoms with E-state index in [4.69, 9.17) is 10.5 Å². The van der Waals surface area contributed by atoms with Crippen LogP contribution in [0.4, 0.5) is 0 Å². The number of nitrogens with zero attached hydrogens (tertiary/aromatic N) is 3. The van der Waals surface area contributed by atoms with Gasteiger partial charge in [-0.1, -0.05) is 5.21 Å². The van der Waals surface area contributed by atoms with Crippen molar-refractivity contribution in [1.82, 2.24) is 15.0 Å². The van der Waals surface area contributed by atoms with E-state index >= 15 is 0 Å². The van der Waals surface area contributed by atoms with Crippen LogP contribution >= 0.6 is 0 Å². The van der Waals surface area contributed by atoms with Crippen LogP contribution in [0.25, 0.3) is 0 Å². The lowest BCUT2D eigenvalue weighted by Gasteiger charge is -2.08. The Morgan fingerprint density at radius 3 is 3.00 bits per heavy atom. The van der Waals surface area contributed by atoms with Crippen LogP contribution < -0.4 is 5.73 Å². The number of hydrogen-bond acceptors (Lipinski definition) is 4. The van der Waals surface area contributed by atoms with Gasteiger partial charge in [0.2, 0.25) is 0 Å². The molecule has 14 heavy (non-hydrogen) atoms. The van der Waals surface area contributed by atoms with Crippen LogP contribution in [-0.2, 0) is 18.2 Å². The van der Waals surface area contributed by atoms with Gasteiger partial charge in [0.05, 0.1) is 5.69 Å². The van der Waals surface area contributed by atoms with Crippen LogP contribution in [-0.4, -0.2) is 34.2 Å². The van der Waals surface area contributed by atoms with Gasteiger partial charge in [0.15, 0.2) is 0 Å². The van der Waals surface area contributed by atoms with Crippen molar-refractivity contribution < 1.29 is 4.74 Å². The van der Waals surface area contributed by atoms with Gasteiger partial charge >= 0.3 is 0 Å². The number of aryl methyl sites for hydroxylation is 1. The third-order valence-electron chi connectivity index (χ3n) is 1.96. The van der Waals surface area contributed by atoms with E-state index in [0.29, 0.717) is 0 Å². The van der Waals surface area contributed by atoms with Crippen molar-refractivity contribution in [2.45, 2.75) is 25.8 Å². The summed E-state index contributed by atoms with van der Waals surface area (Å²) in [4.78, 5) is 0. The zero-order valence-electron chi connectivity index (χ0n) is 8.81. The van der Waals surface area contributed by atoms with Crippen LogP contribution in [0.15, 0.2) is 6.20 Å². The summed E-state index contributed by atoms with van der Waals surface area (Å²) in [5.74, 6) is 0. The molecule has 1 aromatic rings. The van der Waals surface area contributed by atoms with E-state index in [1.54, 1.807) is 4.68 Å². The highest BCUT2D eigenvalue weighted by Gasteiger charge is 2.06. The maximum atomic E-state index is 5.90. The highest BCUT2D eigenvalue weighted by molar-refractivity contribution is 4.94. The molecule has 0 fully saturated rings. The summed E-state index contributed by atoms with van der Waals surface area (Å²) < 4.78 is 6.91. The van der Waals surface area contributed by atoms with Crippen molar-refractivity contribution in [1.29, 1.82) is 0 Å². The molecule has 0 radical (unpaired) electrons. The third kappa shape index (κ3) is 3.85. The lowest BCUT2D eigenvalue weighted by molar-refractivity contribution is 0.140. The molecule has 0 aliphatic heterocycles. The number of ether oxygens (including phenoxy) is 1. The van der Waals surface area contributed by atoms with Gasteiger partial charge in [-0.2, -0.15) is 0 Å². The van der Waals surface area contributed by atoms with E-state index in [1.165, 1.54) is 0 Å². The quantitative estimate of drug-likeness (QED) is 0.659. The Bertz CT molecular complexity index is 261. The maximum Gasteiger partial charge on any atom is 0.0842 e. The molecule has 0 amide bonds. The molecule has 0 spiro atoms. The second-order valence-electron chi connectivity index (χ2n) is 3.33. The molecule has 5 nitrogen and oxygen atoms in total. The van der Waals surface area contributed by atoms with Crippen molar-refractivity contribution in [2.24, 2.45) is 12.8 Å². The van der Waals surface area contributed by atoms with Gasteiger partial charge in [0.1, 0.15) is 0 Å². The topological polar surface area (TPSA) is 66.0 Å². The SMILES string of the molecule is CCOCCC(N)Cc1cn(C)nn1. The van der Waals surface area contributed by atoms with E-state index in [9.17, 15) is 0 Å². The van der Waals surface area contributed by atoms with E-state index in [2.05, 4.69) is 10.3 Å². The highest BCUT2D eigenvalue weighted by Crippen LogP contribution is 1.99. The largest absolute Gasteiger partial charge is 0.382 e. The Hall–Kier alpha value is -0.940. The zero-order chi connectivity index (χ0) is 10.4. The minimum Gasteiger partial charge on any atom is -0.382 e. The van der Waals surface area contributed by atoms with Gasteiger partial charge in [-0.15, -0.1) is 5.10 Å². The second kappa shape index (κ2) is 5.72. The third-order valence-corrected chi connectivity index (χ3v) is 1.96. The van der Waals surface area contributed by atoms with E-state index in [-0.39, 0.29) is 6.04 Å². The molecule has 1 atom stereocenters. The van der Waals surface area contributed by atoms with E-state index in [0.717, 1.165) is 31.7 Å². The van der Waals surface area contributed by atoms with Crippen LogP contribution in [0.3, 0.4) is 0 Å². The van der Waals surface area contributed by atoms with Crippen molar-refractivity contribution in [3.8, 4) is 0 Å². The summed E-state index contributed by atoms with van der Waals surface area (Å²) in [6, 6.07) is 0.109. The molecule has 1 aromatic heterocycles. The molecule has 0 aromatic carbocycles. The number of nitrogens with two attached hydrogens (primary N) is 1. The van der Waals surface area contributed by atoms with E-state index < -0.39 is 0 Å². The van der Waals surface area contributed by atoms with Crippen molar-refractivity contribution >= 4 is 0 Å². The van der Waals surface area contributed by atoms with Crippen molar-refractivity contribution in [3.63, 3.8) is 0 Å². The van der Waals surface area contributed by atoms with Crippen molar-refractivity contribution in [2.75, 3.05) is 13.2 Å². The molecule has 0 aliphatic carbocycles. The minimum absolute atomic E-state index is 0.109. The summed E-state index contributed by atoms with van der Waals surface area (Å²) in [7, 11) is 1.85. The lowest BCUT2D eigenvalue weighted by Crippen LogP contribution is -2.24. The Morgan fingerprint density at radius 1 is 1.64 bits per heavy atom. The van der Waals surface area contributed by atoms with Gasteiger partial charge in [0, 0.05) is 38.9 Å². The highest BCUT2D eigenvalue weighted by atomic mass is 16.5. The summed E-state index contributed by atoms with van der Waals surface area (Å²) in [6.07, 6.45) is 3.52. The fraction of sp³-hybridized carbons (Fsp3) is 0.778. The van der Waals surface area contributed by atoms with Crippen LogP contribution in [0, 0.1) is 0 Å². The van der Waals surface area contributed by atoms with Gasteiger partial charge < -0.3 is 10.5 Å². The molecule has 80 valence electrons. The summed E-state index contributed by atoms with van der Waals surface area (Å²) in [5.41, 5.74) is 6.84. The molecule has 0 aliphatic rings. The van der Waals surface area contributed by atoms with Gasteiger partial charge in [-0.05, 0) is 13.3 Å². The number of aromatic nitrogens is 3. The lowest BCUT2D eigenvalue weighted by atomic mass is 10.1. The fourth-order valence-corrected chi connectivity index (χ4v) is 1.24. The van der Waals surface area contributed by atoms with Gasteiger partial charge in [-0.3, -0.25) is 4.68 Å². The molecule has 0 saturated carbocycles. The molecule has 0 bridgehead atoms. The molecule has 0 saturated heterocycles. The Labute approximate surface area is 84.2 Å². The van der Waals surface area contributed by atoms with Gasteiger partial charge in [-0.25, -0.2) is 0 Å². The second-order valence-corrected chi connectivity index (χ2v) is 3.33. The first-order valence-corrected chi connectivity index (χ1v) is 4.91. The number of rotatable bonds is 6. The van der Waals surface area contributed by atoms with Crippen LogP contribution in [0.5, 0.6) is 0 Å². The first-order valence-electron chi connectivity index (χ1n) is 4.91. The average Bonchev–Trinajstić information content (AvgIpc) is 2.52. The molecule has 1 heterocycles. The Morgan fingerprint density at radius 2 is 2.43 bits per heavy atom. The normalized spacial score (nSPS) is 13.1. The van der Waals surface area contributed by atoms with Gasteiger partial charge in [0.25, 0.3) is 0 Å². The van der Waals surface area contributed by atoms with Crippen molar-refractivity contribution in [3.05, 3.63) is 11.9 Å². The summed E-state index contributed by atoms with van der Waals surface area (Å²) in [5, 5.41) is 7.82. The van der Waals surface area contributed by atoms with Crippen LogP contribution in [0.1, 0.15) is 19.0 Å². The zero-order valence-corrected chi connectivity index (χ0v) is 8.81. The standard InChI is InChI=1S/C9H18N4O/c1-3-14-5-4-8(10)6-9-7-13(2)12-11-9/h7-8H,3-6,10H2,1-2H3.